The van der Waals surface area contributed by atoms with Gasteiger partial charge in [-0.1, -0.05) is 35.0 Å². The predicted octanol–water partition coefficient (Wildman–Crippen LogP) is 4.44. The molecule has 2 nitrogen and oxygen atoms in total. The van der Waals surface area contributed by atoms with Crippen molar-refractivity contribution in [1.29, 1.82) is 0 Å². The van der Waals surface area contributed by atoms with Crippen LogP contribution in [0.3, 0.4) is 0 Å². The highest BCUT2D eigenvalue weighted by molar-refractivity contribution is 9.10. The first-order valence-electron chi connectivity index (χ1n) is 6.24. The van der Waals surface area contributed by atoms with Gasteiger partial charge in [0, 0.05) is 10.0 Å². The summed E-state index contributed by atoms with van der Waals surface area (Å²) >= 11 is 3.47. The van der Waals surface area contributed by atoms with E-state index in [9.17, 15) is 0 Å². The second kappa shape index (κ2) is 6.21. The minimum Gasteiger partial charge on any atom is -0.469 e. The van der Waals surface area contributed by atoms with Crippen LogP contribution in [0.5, 0.6) is 0 Å². The van der Waals surface area contributed by atoms with Gasteiger partial charge < -0.3 is 9.73 Å². The van der Waals surface area contributed by atoms with Gasteiger partial charge in [0.25, 0.3) is 0 Å². The molecule has 2 aromatic rings. The SMILES string of the molecule is CCCNC(c1ccc(Br)cc1)c1coc(C)c1. The average molecular weight is 308 g/mol. The van der Waals surface area contributed by atoms with E-state index in [1.54, 1.807) is 0 Å². The van der Waals surface area contributed by atoms with Crippen molar-refractivity contribution in [2.45, 2.75) is 26.3 Å². The summed E-state index contributed by atoms with van der Waals surface area (Å²) in [6.07, 6.45) is 2.95. The largest absolute Gasteiger partial charge is 0.469 e. The van der Waals surface area contributed by atoms with E-state index >= 15 is 0 Å². The molecule has 1 heterocycles. The highest BCUT2D eigenvalue weighted by atomic mass is 79.9. The Balaban J connectivity index is 2.27. The summed E-state index contributed by atoms with van der Waals surface area (Å²) in [7, 11) is 0. The summed E-state index contributed by atoms with van der Waals surface area (Å²) in [4.78, 5) is 0. The summed E-state index contributed by atoms with van der Waals surface area (Å²) < 4.78 is 6.52. The quantitative estimate of drug-likeness (QED) is 0.883. The lowest BCUT2D eigenvalue weighted by Gasteiger charge is -2.17. The minimum absolute atomic E-state index is 0.204. The van der Waals surface area contributed by atoms with Crippen LogP contribution in [-0.4, -0.2) is 6.54 Å². The Morgan fingerprint density at radius 3 is 2.50 bits per heavy atom. The zero-order chi connectivity index (χ0) is 13.0. The van der Waals surface area contributed by atoms with E-state index < -0.39 is 0 Å². The second-order valence-electron chi connectivity index (χ2n) is 4.43. The van der Waals surface area contributed by atoms with Gasteiger partial charge in [-0.05, 0) is 43.7 Å². The van der Waals surface area contributed by atoms with Crippen molar-refractivity contribution in [1.82, 2.24) is 5.32 Å². The molecule has 1 atom stereocenters. The molecule has 1 N–H and O–H groups in total. The van der Waals surface area contributed by atoms with Crippen molar-refractivity contribution < 1.29 is 4.42 Å². The van der Waals surface area contributed by atoms with Crippen molar-refractivity contribution in [2.75, 3.05) is 6.54 Å². The first kappa shape index (κ1) is 13.4. The highest BCUT2D eigenvalue weighted by Gasteiger charge is 2.15. The van der Waals surface area contributed by atoms with Gasteiger partial charge in [0.15, 0.2) is 0 Å². The molecule has 96 valence electrons. The molecule has 0 aliphatic carbocycles. The molecule has 1 aromatic heterocycles. The van der Waals surface area contributed by atoms with Crippen LogP contribution in [0.1, 0.15) is 36.3 Å². The first-order chi connectivity index (χ1) is 8.70. The van der Waals surface area contributed by atoms with Crippen molar-refractivity contribution in [3.63, 3.8) is 0 Å². The van der Waals surface area contributed by atoms with Crippen molar-refractivity contribution in [3.8, 4) is 0 Å². The number of rotatable bonds is 5. The number of benzene rings is 1. The Kier molecular flexibility index (Phi) is 4.61. The number of hydrogen-bond donors (Lipinski definition) is 1. The van der Waals surface area contributed by atoms with Crippen LogP contribution in [0, 0.1) is 6.92 Å². The number of aryl methyl sites for hydroxylation is 1. The summed E-state index contributed by atoms with van der Waals surface area (Å²) in [6.45, 7) is 5.14. The Morgan fingerprint density at radius 2 is 1.94 bits per heavy atom. The second-order valence-corrected chi connectivity index (χ2v) is 5.35. The zero-order valence-corrected chi connectivity index (χ0v) is 12.3. The molecule has 1 aromatic carbocycles. The fourth-order valence-electron chi connectivity index (χ4n) is 1.99. The van der Waals surface area contributed by atoms with E-state index in [0.29, 0.717) is 0 Å². The maximum atomic E-state index is 5.42. The van der Waals surface area contributed by atoms with Crippen LogP contribution in [0.15, 0.2) is 45.5 Å². The summed E-state index contributed by atoms with van der Waals surface area (Å²) in [5.74, 6) is 0.949. The third-order valence-corrected chi connectivity index (χ3v) is 3.41. The van der Waals surface area contributed by atoms with E-state index in [0.717, 1.165) is 23.2 Å². The molecule has 2 rings (SSSR count). The Bertz CT molecular complexity index is 489. The van der Waals surface area contributed by atoms with E-state index in [-0.39, 0.29) is 6.04 Å². The van der Waals surface area contributed by atoms with Gasteiger partial charge in [0.1, 0.15) is 5.76 Å². The Morgan fingerprint density at radius 1 is 1.22 bits per heavy atom. The maximum Gasteiger partial charge on any atom is 0.101 e. The molecular formula is C15H18BrNO. The van der Waals surface area contributed by atoms with Gasteiger partial charge in [0.2, 0.25) is 0 Å². The molecule has 0 saturated heterocycles. The van der Waals surface area contributed by atoms with Crippen LogP contribution in [0.2, 0.25) is 0 Å². The van der Waals surface area contributed by atoms with Crippen LogP contribution in [-0.2, 0) is 0 Å². The number of furan rings is 1. The summed E-state index contributed by atoms with van der Waals surface area (Å²) in [5.41, 5.74) is 2.44. The lowest BCUT2D eigenvalue weighted by molar-refractivity contribution is 0.524. The van der Waals surface area contributed by atoms with E-state index in [1.165, 1.54) is 11.1 Å². The average Bonchev–Trinajstić information content (AvgIpc) is 2.78. The monoisotopic (exact) mass is 307 g/mol. The first-order valence-corrected chi connectivity index (χ1v) is 7.04. The molecule has 0 aliphatic heterocycles. The number of nitrogens with one attached hydrogen (secondary N) is 1. The molecule has 0 radical (unpaired) electrons. The molecule has 0 spiro atoms. The standard InChI is InChI=1S/C15H18BrNO/c1-3-8-17-15(13-9-11(2)18-10-13)12-4-6-14(16)7-5-12/h4-7,9-10,15,17H,3,8H2,1-2H3. The maximum absolute atomic E-state index is 5.42. The fraction of sp³-hybridized carbons (Fsp3) is 0.333. The lowest BCUT2D eigenvalue weighted by Crippen LogP contribution is -2.22. The number of hydrogen-bond acceptors (Lipinski definition) is 2. The molecule has 0 bridgehead atoms. The highest BCUT2D eigenvalue weighted by Crippen LogP contribution is 2.25. The normalized spacial score (nSPS) is 12.6. The third-order valence-electron chi connectivity index (χ3n) is 2.89. The minimum atomic E-state index is 0.204. The van der Waals surface area contributed by atoms with E-state index in [1.807, 2.05) is 13.2 Å². The Labute approximate surface area is 117 Å². The molecule has 1 unspecified atom stereocenters. The molecule has 0 fully saturated rings. The van der Waals surface area contributed by atoms with Crippen molar-refractivity contribution in [3.05, 3.63) is 58.0 Å². The summed E-state index contributed by atoms with van der Waals surface area (Å²) in [5, 5.41) is 3.56. The van der Waals surface area contributed by atoms with E-state index in [4.69, 9.17) is 4.42 Å². The van der Waals surface area contributed by atoms with Gasteiger partial charge >= 0.3 is 0 Å². The molecule has 0 amide bonds. The molecule has 18 heavy (non-hydrogen) atoms. The van der Waals surface area contributed by atoms with Gasteiger partial charge in [-0.25, -0.2) is 0 Å². The van der Waals surface area contributed by atoms with Gasteiger partial charge in [-0.15, -0.1) is 0 Å². The number of halogens is 1. The van der Waals surface area contributed by atoms with Crippen molar-refractivity contribution >= 4 is 15.9 Å². The predicted molar refractivity (Wildman–Crippen MR) is 77.7 cm³/mol. The molecular weight excluding hydrogens is 290 g/mol. The van der Waals surface area contributed by atoms with Crippen LogP contribution < -0.4 is 5.32 Å². The van der Waals surface area contributed by atoms with Gasteiger partial charge in [0.05, 0.1) is 12.3 Å². The smallest absolute Gasteiger partial charge is 0.101 e. The zero-order valence-electron chi connectivity index (χ0n) is 10.7. The van der Waals surface area contributed by atoms with Gasteiger partial charge in [-0.2, -0.15) is 0 Å². The Hall–Kier alpha value is -1.06. The topological polar surface area (TPSA) is 25.2 Å². The van der Waals surface area contributed by atoms with Crippen LogP contribution in [0.25, 0.3) is 0 Å². The van der Waals surface area contributed by atoms with E-state index in [2.05, 4.69) is 58.5 Å². The fourth-order valence-corrected chi connectivity index (χ4v) is 2.25. The van der Waals surface area contributed by atoms with Crippen LogP contribution in [0.4, 0.5) is 0 Å². The molecule has 0 saturated carbocycles. The summed E-state index contributed by atoms with van der Waals surface area (Å²) in [6, 6.07) is 10.7. The molecule has 0 aliphatic rings. The van der Waals surface area contributed by atoms with Crippen LogP contribution >= 0.6 is 15.9 Å². The third kappa shape index (κ3) is 3.24. The molecule has 3 heteroatoms. The van der Waals surface area contributed by atoms with Crippen molar-refractivity contribution in [2.24, 2.45) is 0 Å². The lowest BCUT2D eigenvalue weighted by atomic mass is 10.0. The van der Waals surface area contributed by atoms with Gasteiger partial charge in [-0.3, -0.25) is 0 Å².